The number of benzene rings is 1. The Kier molecular flexibility index (Phi) is 4.22. The zero-order valence-electron chi connectivity index (χ0n) is 12.8. The van der Waals surface area contributed by atoms with Gasteiger partial charge in [-0.1, -0.05) is 6.92 Å². The lowest BCUT2D eigenvalue weighted by Crippen LogP contribution is -2.45. The summed E-state index contributed by atoms with van der Waals surface area (Å²) in [6.07, 6.45) is 1.07. The Bertz CT molecular complexity index is 566. The van der Waals surface area contributed by atoms with E-state index in [0.717, 1.165) is 13.0 Å². The molecule has 0 saturated carbocycles. The molecule has 21 heavy (non-hydrogen) atoms. The van der Waals surface area contributed by atoms with Crippen molar-refractivity contribution in [1.82, 2.24) is 10.2 Å². The van der Waals surface area contributed by atoms with Crippen LogP contribution in [0, 0.1) is 0 Å². The van der Waals surface area contributed by atoms with E-state index in [1.54, 1.807) is 7.05 Å². The van der Waals surface area contributed by atoms with Crippen molar-refractivity contribution >= 4 is 28.8 Å². The molecule has 0 bridgehead atoms. The molecule has 1 aromatic carbocycles. The second-order valence-corrected chi connectivity index (χ2v) is 5.95. The van der Waals surface area contributed by atoms with Crippen LogP contribution in [0.4, 0.5) is 10.5 Å². The lowest BCUT2D eigenvalue weighted by molar-refractivity contribution is 0.203. The highest BCUT2D eigenvalue weighted by atomic mass is 79.9. The van der Waals surface area contributed by atoms with E-state index in [1.807, 2.05) is 18.2 Å². The van der Waals surface area contributed by atoms with Gasteiger partial charge in [-0.3, -0.25) is 4.90 Å². The number of anilines is 1. The number of halogens is 1. The number of likely N-dealkylation sites (N-methyl/N-ethyl adjacent to an activating group) is 2. The van der Waals surface area contributed by atoms with Gasteiger partial charge in [0, 0.05) is 31.7 Å². The predicted molar refractivity (Wildman–Crippen MR) is 88.6 cm³/mol. The fraction of sp³-hybridized carbons (Fsp3) is 0.533. The zero-order chi connectivity index (χ0) is 14.5. The average Bonchev–Trinajstić information content (AvgIpc) is 2.85. The first-order valence-corrected chi connectivity index (χ1v) is 6.94. The van der Waals surface area contributed by atoms with Gasteiger partial charge in [-0.05, 0) is 37.2 Å². The van der Waals surface area contributed by atoms with E-state index in [0.29, 0.717) is 11.9 Å². The average molecular weight is 356 g/mol. The zero-order valence-corrected chi connectivity index (χ0v) is 14.6. The van der Waals surface area contributed by atoms with Gasteiger partial charge in [-0.15, -0.1) is 17.0 Å². The highest BCUT2D eigenvalue weighted by Gasteiger charge is 2.52. The summed E-state index contributed by atoms with van der Waals surface area (Å²) in [5.74, 6) is 0.605. The number of carbonyl (C=O) groups is 1. The van der Waals surface area contributed by atoms with Gasteiger partial charge in [0.05, 0.1) is 6.17 Å². The molecule has 0 spiro atoms. The van der Waals surface area contributed by atoms with Crippen molar-refractivity contribution in [2.24, 2.45) is 0 Å². The molecule has 0 radical (unpaired) electrons. The topological polar surface area (TPSA) is 44.8 Å². The summed E-state index contributed by atoms with van der Waals surface area (Å²) in [4.78, 5) is 16.1. The van der Waals surface area contributed by atoms with Crippen molar-refractivity contribution in [3.63, 3.8) is 0 Å². The number of nitrogens with one attached hydrogen (secondary N) is 1. The minimum Gasteiger partial charge on any atom is -0.410 e. The molecule has 0 unspecified atom stereocenters. The quantitative estimate of drug-likeness (QED) is 0.839. The van der Waals surface area contributed by atoms with E-state index in [1.165, 1.54) is 11.3 Å². The maximum absolute atomic E-state index is 11.4. The summed E-state index contributed by atoms with van der Waals surface area (Å²) < 4.78 is 5.26. The molecule has 1 aromatic rings. The molecular weight excluding hydrogens is 334 g/mol. The highest BCUT2D eigenvalue weighted by Crippen LogP contribution is 2.51. The lowest BCUT2D eigenvalue weighted by Gasteiger charge is -2.32. The van der Waals surface area contributed by atoms with Crippen molar-refractivity contribution in [2.45, 2.75) is 24.9 Å². The number of hydrogen-bond donors (Lipinski definition) is 1. The van der Waals surface area contributed by atoms with Gasteiger partial charge in [0.15, 0.2) is 0 Å². The molecule has 0 aromatic heterocycles. The van der Waals surface area contributed by atoms with Crippen molar-refractivity contribution in [3.05, 3.63) is 23.8 Å². The Morgan fingerprint density at radius 2 is 2.14 bits per heavy atom. The Balaban J connectivity index is 0.00000161. The normalized spacial score (nSPS) is 26.9. The summed E-state index contributed by atoms with van der Waals surface area (Å²) >= 11 is 0. The number of rotatable bonds is 1. The molecule has 1 saturated heterocycles. The molecule has 1 amide bonds. The number of fused-ring (bicyclic) bond motifs is 3. The summed E-state index contributed by atoms with van der Waals surface area (Å²) in [5, 5.41) is 2.47. The summed E-state index contributed by atoms with van der Waals surface area (Å²) in [5.41, 5.74) is 2.60. The minimum atomic E-state index is -0.429. The van der Waals surface area contributed by atoms with Crippen LogP contribution in [-0.2, 0) is 5.41 Å². The smallest absolute Gasteiger partial charge is 0.410 e. The van der Waals surface area contributed by atoms with Crippen LogP contribution in [0.3, 0.4) is 0 Å². The van der Waals surface area contributed by atoms with Crippen LogP contribution in [0.1, 0.15) is 18.9 Å². The van der Waals surface area contributed by atoms with E-state index in [9.17, 15) is 4.79 Å². The van der Waals surface area contributed by atoms with Crippen molar-refractivity contribution < 1.29 is 9.53 Å². The van der Waals surface area contributed by atoms with Gasteiger partial charge in [-0.25, -0.2) is 4.79 Å². The van der Waals surface area contributed by atoms with Gasteiger partial charge in [0.25, 0.3) is 0 Å². The number of hydrogen-bond acceptors (Lipinski definition) is 4. The van der Waals surface area contributed by atoms with E-state index in [-0.39, 0.29) is 22.4 Å². The van der Waals surface area contributed by atoms with Crippen LogP contribution >= 0.6 is 17.0 Å². The van der Waals surface area contributed by atoms with E-state index < -0.39 is 6.09 Å². The van der Waals surface area contributed by atoms with Crippen LogP contribution in [0.5, 0.6) is 5.75 Å². The Hall–Kier alpha value is -1.27. The van der Waals surface area contributed by atoms with Gasteiger partial charge >= 0.3 is 6.09 Å². The number of carbonyl (C=O) groups excluding carboxylic acids is 1. The van der Waals surface area contributed by atoms with Crippen LogP contribution in [0.2, 0.25) is 0 Å². The molecule has 5 nitrogen and oxygen atoms in total. The maximum atomic E-state index is 11.4. The largest absolute Gasteiger partial charge is 0.412 e. The van der Waals surface area contributed by atoms with Gasteiger partial charge in [0.1, 0.15) is 5.75 Å². The lowest BCUT2D eigenvalue weighted by atomic mass is 9.81. The van der Waals surface area contributed by atoms with E-state index in [2.05, 4.69) is 36.1 Å². The molecule has 1 fully saturated rings. The first-order valence-electron chi connectivity index (χ1n) is 6.94. The minimum absolute atomic E-state index is 0. The number of nitrogens with zero attached hydrogens (tertiary/aromatic N) is 2. The second kappa shape index (κ2) is 5.50. The fourth-order valence-electron chi connectivity index (χ4n) is 3.78. The number of ether oxygens (including phenoxy) is 1. The fourth-order valence-corrected chi connectivity index (χ4v) is 3.78. The predicted octanol–water partition coefficient (Wildman–Crippen LogP) is 2.35. The third-order valence-corrected chi connectivity index (χ3v) is 4.72. The molecule has 2 atom stereocenters. The number of likely N-dealkylation sites (tertiary alicyclic amines) is 1. The monoisotopic (exact) mass is 355 g/mol. The summed E-state index contributed by atoms with van der Waals surface area (Å²) in [6, 6.07) is 5.92. The Morgan fingerprint density at radius 3 is 2.81 bits per heavy atom. The van der Waals surface area contributed by atoms with Crippen LogP contribution in [0.25, 0.3) is 0 Å². The highest BCUT2D eigenvalue weighted by molar-refractivity contribution is 8.93. The number of amides is 1. The van der Waals surface area contributed by atoms with Crippen molar-refractivity contribution in [2.75, 3.05) is 32.6 Å². The first kappa shape index (κ1) is 16.1. The van der Waals surface area contributed by atoms with E-state index >= 15 is 0 Å². The van der Waals surface area contributed by atoms with Gasteiger partial charge in [0.2, 0.25) is 0 Å². The van der Waals surface area contributed by atoms with Crippen LogP contribution in [0.15, 0.2) is 18.2 Å². The SMILES string of the molecule is Br.CNC(=O)Oc1ccc2c(c1)[C@]1(C)CCN(C)[C@@H]1N2C. The first-order chi connectivity index (χ1) is 9.47. The third kappa shape index (κ3) is 2.30. The molecule has 3 rings (SSSR count). The van der Waals surface area contributed by atoms with Crippen LogP contribution < -0.4 is 15.0 Å². The second-order valence-electron chi connectivity index (χ2n) is 5.95. The molecule has 6 heteroatoms. The van der Waals surface area contributed by atoms with Crippen molar-refractivity contribution in [1.29, 1.82) is 0 Å². The Labute approximate surface area is 136 Å². The molecule has 0 aliphatic carbocycles. The maximum Gasteiger partial charge on any atom is 0.412 e. The molecule has 1 N–H and O–H groups in total. The molecule has 2 heterocycles. The van der Waals surface area contributed by atoms with Gasteiger partial charge in [-0.2, -0.15) is 0 Å². The Morgan fingerprint density at radius 1 is 1.43 bits per heavy atom. The van der Waals surface area contributed by atoms with Crippen LogP contribution in [-0.4, -0.2) is 44.8 Å². The summed E-state index contributed by atoms with van der Waals surface area (Å²) in [7, 11) is 5.86. The van der Waals surface area contributed by atoms with Crippen molar-refractivity contribution in [3.8, 4) is 5.75 Å². The molecular formula is C15H22BrN3O2. The van der Waals surface area contributed by atoms with E-state index in [4.69, 9.17) is 4.74 Å². The molecule has 2 aliphatic rings. The standard InChI is InChI=1S/C15H21N3O2.BrH/c1-15-7-8-17(3)13(15)18(4)12-6-5-10(9-11(12)15)20-14(19)16-2;/h5-6,9,13H,7-8H2,1-4H3,(H,16,19);1H/t13-,15+;/m1./s1. The molecule has 2 aliphatic heterocycles. The van der Waals surface area contributed by atoms with Gasteiger partial charge < -0.3 is 15.0 Å². The summed E-state index contributed by atoms with van der Waals surface area (Å²) in [6.45, 7) is 3.39. The third-order valence-electron chi connectivity index (χ3n) is 4.72. The molecule has 116 valence electrons.